The van der Waals surface area contributed by atoms with Gasteiger partial charge in [-0.3, -0.25) is 4.79 Å². The Kier molecular flexibility index (Phi) is 3.47. The van der Waals surface area contributed by atoms with Crippen molar-refractivity contribution in [2.45, 2.75) is 65.7 Å². The topological polar surface area (TPSA) is 26.3 Å². The maximum atomic E-state index is 12.7. The van der Waals surface area contributed by atoms with Gasteiger partial charge < -0.3 is 4.74 Å². The molecule has 0 amide bonds. The average molecular weight is 353 g/mol. The number of ether oxygens (including phenoxy) is 1. The number of fused-ring (bicyclic) bond motifs is 3. The largest absolute Gasteiger partial charge is 0.498 e. The normalized spacial score (nSPS) is 48.2. The Labute approximate surface area is 157 Å². The van der Waals surface area contributed by atoms with Crippen molar-refractivity contribution in [1.29, 1.82) is 0 Å². The first-order chi connectivity index (χ1) is 12.5. The fourth-order valence-corrected chi connectivity index (χ4v) is 8.02. The Balaban J connectivity index is 1.52. The summed E-state index contributed by atoms with van der Waals surface area (Å²) in [6.45, 7) is 7.14. The lowest BCUT2D eigenvalue weighted by molar-refractivity contribution is -0.135. The fraction of sp³-hybridized carbons (Fsp3) is 0.708. The van der Waals surface area contributed by atoms with E-state index < -0.39 is 0 Å². The summed E-state index contributed by atoms with van der Waals surface area (Å²) >= 11 is 0. The van der Waals surface area contributed by atoms with E-state index in [-0.39, 0.29) is 16.2 Å². The van der Waals surface area contributed by atoms with Gasteiger partial charge in [-0.1, -0.05) is 25.2 Å². The zero-order valence-corrected chi connectivity index (χ0v) is 16.5. The van der Waals surface area contributed by atoms with Gasteiger partial charge >= 0.3 is 0 Å². The Morgan fingerprint density at radius 1 is 1.23 bits per heavy atom. The van der Waals surface area contributed by atoms with Crippen LogP contribution in [0.4, 0.5) is 0 Å². The number of ketones is 1. The molecule has 0 N–H and O–H groups in total. The number of carbonyl (C=O) groups excluding carboxylic acids is 1. The van der Waals surface area contributed by atoms with Crippen LogP contribution in [0.5, 0.6) is 0 Å². The summed E-state index contributed by atoms with van der Waals surface area (Å²) in [6, 6.07) is 0. The molecule has 0 aromatic heterocycles. The van der Waals surface area contributed by atoms with E-state index in [1.807, 2.05) is 6.92 Å². The molecule has 140 valence electrons. The SMILES string of the molecule is CCOC1=CC2=CC[C@@H]3[C@H](CC[C@@]4(C)C35C=C[C@]4(C(C)=O)CC5)[C@H]2CC1. The molecule has 1 unspecified atom stereocenters. The summed E-state index contributed by atoms with van der Waals surface area (Å²) in [4.78, 5) is 12.7. The first-order valence-corrected chi connectivity index (χ1v) is 10.7. The summed E-state index contributed by atoms with van der Waals surface area (Å²) in [5.74, 6) is 3.80. The molecular formula is C24H32O2. The molecular weight excluding hydrogens is 320 g/mol. The van der Waals surface area contributed by atoms with Crippen LogP contribution in [0.2, 0.25) is 0 Å². The Morgan fingerprint density at radius 2 is 2.08 bits per heavy atom. The minimum Gasteiger partial charge on any atom is -0.498 e. The summed E-state index contributed by atoms with van der Waals surface area (Å²) in [6.07, 6.45) is 18.0. The maximum absolute atomic E-state index is 12.7. The van der Waals surface area contributed by atoms with Crippen LogP contribution in [0.15, 0.2) is 35.6 Å². The summed E-state index contributed by atoms with van der Waals surface area (Å²) in [7, 11) is 0. The van der Waals surface area contributed by atoms with E-state index in [0.717, 1.165) is 31.3 Å². The predicted molar refractivity (Wildman–Crippen MR) is 103 cm³/mol. The molecule has 0 aromatic rings. The number of hydrogen-bond donors (Lipinski definition) is 0. The van der Waals surface area contributed by atoms with Crippen LogP contribution in [-0.4, -0.2) is 12.4 Å². The van der Waals surface area contributed by atoms with Crippen LogP contribution in [0.3, 0.4) is 0 Å². The van der Waals surface area contributed by atoms with Gasteiger partial charge in [-0.25, -0.2) is 0 Å². The van der Waals surface area contributed by atoms with E-state index in [1.165, 1.54) is 37.9 Å². The van der Waals surface area contributed by atoms with Crippen molar-refractivity contribution >= 4 is 5.78 Å². The van der Waals surface area contributed by atoms with Crippen molar-refractivity contribution < 1.29 is 9.53 Å². The van der Waals surface area contributed by atoms with E-state index in [1.54, 1.807) is 5.57 Å². The number of rotatable bonds is 3. The highest BCUT2D eigenvalue weighted by atomic mass is 16.5. The highest BCUT2D eigenvalue weighted by Crippen LogP contribution is 2.77. The standard InChI is InChI=1S/C24H32O2/c1-4-26-18-6-7-19-17(15-18)5-8-21-20(19)9-10-22(3)23(16(2)25)11-13-24(21,22)14-12-23/h5,11,13,15,19-21H,4,6-10,12,14H2,1-3H3/t19-,20+,21+,22+,23+,24?/m0/s1. The Bertz CT molecular complexity index is 743. The molecule has 0 saturated heterocycles. The number of hydrogen-bond acceptors (Lipinski definition) is 2. The second-order valence-electron chi connectivity index (χ2n) is 9.67. The van der Waals surface area contributed by atoms with Crippen molar-refractivity contribution in [3.8, 4) is 0 Å². The molecule has 26 heavy (non-hydrogen) atoms. The summed E-state index contributed by atoms with van der Waals surface area (Å²) in [5.41, 5.74) is 1.78. The first kappa shape index (κ1) is 16.8. The van der Waals surface area contributed by atoms with E-state index in [2.05, 4.69) is 38.2 Å². The second-order valence-corrected chi connectivity index (χ2v) is 9.67. The fourth-order valence-electron chi connectivity index (χ4n) is 8.02. The molecule has 6 atom stereocenters. The van der Waals surface area contributed by atoms with Gasteiger partial charge in [0.15, 0.2) is 0 Å². The minimum atomic E-state index is -0.170. The highest BCUT2D eigenvalue weighted by Gasteiger charge is 2.72. The van der Waals surface area contributed by atoms with Crippen LogP contribution in [0.1, 0.15) is 65.7 Å². The average Bonchev–Trinajstić information content (AvgIpc) is 3.06. The lowest BCUT2D eigenvalue weighted by Crippen LogP contribution is -2.53. The molecule has 0 aliphatic heterocycles. The van der Waals surface area contributed by atoms with Gasteiger partial charge in [-0.05, 0) is 92.6 Å². The molecule has 2 bridgehead atoms. The molecule has 2 fully saturated rings. The van der Waals surface area contributed by atoms with Crippen molar-refractivity contribution in [3.05, 3.63) is 35.6 Å². The predicted octanol–water partition coefficient (Wildman–Crippen LogP) is 5.60. The monoisotopic (exact) mass is 352 g/mol. The van der Waals surface area contributed by atoms with Gasteiger partial charge in [-0.15, -0.1) is 0 Å². The summed E-state index contributed by atoms with van der Waals surface area (Å²) in [5, 5.41) is 0. The van der Waals surface area contributed by atoms with Crippen molar-refractivity contribution in [2.24, 2.45) is 34.0 Å². The molecule has 5 rings (SSSR count). The van der Waals surface area contributed by atoms with Crippen LogP contribution in [0, 0.1) is 34.0 Å². The highest BCUT2D eigenvalue weighted by molar-refractivity contribution is 5.87. The first-order valence-electron chi connectivity index (χ1n) is 10.7. The van der Waals surface area contributed by atoms with Crippen molar-refractivity contribution in [3.63, 3.8) is 0 Å². The Morgan fingerprint density at radius 3 is 2.77 bits per heavy atom. The van der Waals surface area contributed by atoms with Gasteiger partial charge in [0.1, 0.15) is 5.78 Å². The van der Waals surface area contributed by atoms with Crippen molar-refractivity contribution in [2.75, 3.05) is 6.61 Å². The molecule has 2 nitrogen and oxygen atoms in total. The van der Waals surface area contributed by atoms with Gasteiger partial charge in [0.05, 0.1) is 17.8 Å². The molecule has 5 aliphatic rings. The van der Waals surface area contributed by atoms with Gasteiger partial charge in [0, 0.05) is 6.42 Å². The minimum absolute atomic E-state index is 0.152. The third-order valence-electron chi connectivity index (χ3n) is 9.31. The van der Waals surface area contributed by atoms with Gasteiger partial charge in [-0.2, -0.15) is 0 Å². The smallest absolute Gasteiger partial charge is 0.140 e. The second kappa shape index (κ2) is 5.36. The Hall–Kier alpha value is -1.31. The van der Waals surface area contributed by atoms with Gasteiger partial charge in [0.25, 0.3) is 0 Å². The van der Waals surface area contributed by atoms with E-state index >= 15 is 0 Å². The van der Waals surface area contributed by atoms with Crippen LogP contribution in [-0.2, 0) is 9.53 Å². The molecule has 2 heteroatoms. The molecule has 0 spiro atoms. The van der Waals surface area contributed by atoms with Crippen LogP contribution in [0.25, 0.3) is 0 Å². The molecule has 0 radical (unpaired) electrons. The third-order valence-corrected chi connectivity index (χ3v) is 9.31. The summed E-state index contributed by atoms with van der Waals surface area (Å²) < 4.78 is 5.81. The zero-order valence-electron chi connectivity index (χ0n) is 16.5. The zero-order chi connectivity index (χ0) is 18.2. The molecule has 2 saturated carbocycles. The van der Waals surface area contributed by atoms with Crippen LogP contribution >= 0.6 is 0 Å². The lowest BCUT2D eigenvalue weighted by atomic mass is 9.45. The van der Waals surface area contributed by atoms with Gasteiger partial charge in [0.2, 0.25) is 0 Å². The van der Waals surface area contributed by atoms with Crippen LogP contribution < -0.4 is 0 Å². The van der Waals surface area contributed by atoms with E-state index in [0.29, 0.717) is 11.7 Å². The number of allylic oxidation sites excluding steroid dienone is 6. The molecule has 0 aromatic carbocycles. The lowest BCUT2D eigenvalue weighted by Gasteiger charge is -2.58. The van der Waals surface area contributed by atoms with E-state index in [4.69, 9.17) is 4.74 Å². The third kappa shape index (κ3) is 1.77. The van der Waals surface area contributed by atoms with E-state index in [9.17, 15) is 4.79 Å². The molecule has 0 heterocycles. The number of Topliss-reactive ketones (excluding diaryl/α,β-unsaturated/α-hetero) is 1. The molecule has 5 aliphatic carbocycles. The van der Waals surface area contributed by atoms with Crippen molar-refractivity contribution in [1.82, 2.24) is 0 Å². The maximum Gasteiger partial charge on any atom is 0.140 e. The quantitative estimate of drug-likeness (QED) is 0.618. The number of carbonyl (C=O) groups is 1.